The first-order valence-corrected chi connectivity index (χ1v) is 5.77. The van der Waals surface area contributed by atoms with E-state index in [1.54, 1.807) is 6.07 Å². The minimum atomic E-state index is -0.00931. The highest BCUT2D eigenvalue weighted by Crippen LogP contribution is 2.25. The molecule has 0 radical (unpaired) electrons. The van der Waals surface area contributed by atoms with Crippen LogP contribution in [0, 0.1) is 5.92 Å². The van der Waals surface area contributed by atoms with E-state index >= 15 is 0 Å². The van der Waals surface area contributed by atoms with Crippen LogP contribution >= 0.6 is 0 Å². The van der Waals surface area contributed by atoms with Gasteiger partial charge in [0, 0.05) is 25.2 Å². The van der Waals surface area contributed by atoms with Gasteiger partial charge in [-0.05, 0) is 25.3 Å². The SMILES string of the molecule is O=C(c1ccon1)N1CC2CCCNC2C1. The summed E-state index contributed by atoms with van der Waals surface area (Å²) in [6.45, 7) is 2.73. The topological polar surface area (TPSA) is 58.4 Å². The zero-order chi connectivity index (χ0) is 11.0. The number of aromatic nitrogens is 1. The van der Waals surface area contributed by atoms with E-state index in [4.69, 9.17) is 4.52 Å². The monoisotopic (exact) mass is 221 g/mol. The average molecular weight is 221 g/mol. The van der Waals surface area contributed by atoms with Crippen molar-refractivity contribution in [1.29, 1.82) is 0 Å². The molecule has 5 heteroatoms. The van der Waals surface area contributed by atoms with Crippen molar-refractivity contribution in [2.75, 3.05) is 19.6 Å². The zero-order valence-electron chi connectivity index (χ0n) is 9.06. The average Bonchev–Trinajstić information content (AvgIpc) is 2.97. The smallest absolute Gasteiger partial charge is 0.276 e. The lowest BCUT2D eigenvalue weighted by Gasteiger charge is -2.24. The summed E-state index contributed by atoms with van der Waals surface area (Å²) in [7, 11) is 0. The highest BCUT2D eigenvalue weighted by molar-refractivity contribution is 5.92. The van der Waals surface area contributed by atoms with E-state index in [0.29, 0.717) is 17.7 Å². The first-order valence-electron chi connectivity index (χ1n) is 5.77. The molecule has 16 heavy (non-hydrogen) atoms. The van der Waals surface area contributed by atoms with Crippen molar-refractivity contribution in [2.24, 2.45) is 5.92 Å². The van der Waals surface area contributed by atoms with Crippen LogP contribution < -0.4 is 5.32 Å². The molecule has 1 N–H and O–H groups in total. The van der Waals surface area contributed by atoms with Crippen LogP contribution in [0.3, 0.4) is 0 Å². The molecule has 86 valence electrons. The summed E-state index contributed by atoms with van der Waals surface area (Å²) < 4.78 is 4.70. The second-order valence-electron chi connectivity index (χ2n) is 4.56. The molecule has 3 rings (SSSR count). The highest BCUT2D eigenvalue weighted by Gasteiger charge is 2.37. The molecule has 2 unspecified atom stereocenters. The Hall–Kier alpha value is -1.36. The molecule has 1 amide bonds. The lowest BCUT2D eigenvalue weighted by Crippen LogP contribution is -2.41. The van der Waals surface area contributed by atoms with Crippen molar-refractivity contribution >= 4 is 5.91 Å². The molecule has 2 saturated heterocycles. The van der Waals surface area contributed by atoms with Crippen LogP contribution in [-0.4, -0.2) is 41.6 Å². The standard InChI is InChI=1S/C11H15N3O2/c15-11(9-3-5-16-13-9)14-6-8-2-1-4-12-10(8)7-14/h3,5,8,10,12H,1-2,4,6-7H2. The van der Waals surface area contributed by atoms with Crippen LogP contribution in [0.15, 0.2) is 16.9 Å². The molecule has 5 nitrogen and oxygen atoms in total. The third kappa shape index (κ3) is 1.61. The van der Waals surface area contributed by atoms with Gasteiger partial charge in [0.15, 0.2) is 5.69 Å². The molecule has 1 aromatic rings. The van der Waals surface area contributed by atoms with E-state index in [1.165, 1.54) is 19.1 Å². The maximum Gasteiger partial charge on any atom is 0.276 e. The largest absolute Gasteiger partial charge is 0.364 e. The molecule has 2 fully saturated rings. The number of amides is 1. The summed E-state index contributed by atoms with van der Waals surface area (Å²) in [6.07, 6.45) is 3.88. The van der Waals surface area contributed by atoms with E-state index in [0.717, 1.165) is 19.6 Å². The first kappa shape index (κ1) is 9.84. The van der Waals surface area contributed by atoms with Gasteiger partial charge >= 0.3 is 0 Å². The van der Waals surface area contributed by atoms with Crippen LogP contribution in [0.2, 0.25) is 0 Å². The predicted molar refractivity (Wildman–Crippen MR) is 56.9 cm³/mol. The van der Waals surface area contributed by atoms with E-state index in [-0.39, 0.29) is 5.91 Å². The molecule has 0 spiro atoms. The molecule has 0 saturated carbocycles. The van der Waals surface area contributed by atoms with E-state index in [1.807, 2.05) is 4.90 Å². The number of nitrogens with zero attached hydrogens (tertiary/aromatic N) is 2. The number of fused-ring (bicyclic) bond motifs is 1. The maximum absolute atomic E-state index is 12.0. The Bertz CT molecular complexity index is 363. The normalized spacial score (nSPS) is 29.1. The van der Waals surface area contributed by atoms with Crippen molar-refractivity contribution in [1.82, 2.24) is 15.4 Å². The molecular formula is C11H15N3O2. The van der Waals surface area contributed by atoms with Crippen molar-refractivity contribution in [3.63, 3.8) is 0 Å². The molecule has 0 aromatic carbocycles. The highest BCUT2D eigenvalue weighted by atomic mass is 16.5. The van der Waals surface area contributed by atoms with Gasteiger partial charge in [-0.25, -0.2) is 0 Å². The summed E-state index contributed by atoms with van der Waals surface area (Å²) in [5.74, 6) is 0.606. The van der Waals surface area contributed by atoms with Gasteiger partial charge in [-0.2, -0.15) is 0 Å². The van der Waals surface area contributed by atoms with Crippen LogP contribution in [0.25, 0.3) is 0 Å². The van der Waals surface area contributed by atoms with Gasteiger partial charge in [0.2, 0.25) is 0 Å². The zero-order valence-corrected chi connectivity index (χ0v) is 9.06. The molecule has 0 aliphatic carbocycles. The van der Waals surface area contributed by atoms with Gasteiger partial charge in [0.25, 0.3) is 5.91 Å². The Morgan fingerprint density at radius 1 is 1.56 bits per heavy atom. The Balaban J connectivity index is 1.71. The molecule has 2 aliphatic heterocycles. The Kier molecular flexibility index (Phi) is 2.40. The fourth-order valence-corrected chi connectivity index (χ4v) is 2.70. The van der Waals surface area contributed by atoms with Crippen molar-refractivity contribution in [2.45, 2.75) is 18.9 Å². The predicted octanol–water partition coefficient (Wildman–Crippen LogP) is 0.499. The molecule has 2 aliphatic rings. The van der Waals surface area contributed by atoms with Crippen LogP contribution in [-0.2, 0) is 0 Å². The number of rotatable bonds is 1. The van der Waals surface area contributed by atoms with E-state index in [2.05, 4.69) is 10.5 Å². The number of nitrogens with one attached hydrogen (secondary N) is 1. The molecule has 1 aromatic heterocycles. The van der Waals surface area contributed by atoms with E-state index < -0.39 is 0 Å². The molecular weight excluding hydrogens is 206 g/mol. The van der Waals surface area contributed by atoms with Crippen LogP contribution in [0.5, 0.6) is 0 Å². The van der Waals surface area contributed by atoms with Crippen LogP contribution in [0.4, 0.5) is 0 Å². The quantitative estimate of drug-likeness (QED) is 0.750. The van der Waals surface area contributed by atoms with Crippen molar-refractivity contribution in [3.8, 4) is 0 Å². The van der Waals surface area contributed by atoms with Crippen molar-refractivity contribution < 1.29 is 9.32 Å². The minimum absolute atomic E-state index is 0.00931. The molecule has 0 bridgehead atoms. The number of piperidine rings is 1. The lowest BCUT2D eigenvalue weighted by atomic mass is 9.94. The van der Waals surface area contributed by atoms with Gasteiger partial charge in [-0.1, -0.05) is 5.16 Å². The Morgan fingerprint density at radius 2 is 2.50 bits per heavy atom. The summed E-state index contributed by atoms with van der Waals surface area (Å²) in [5, 5.41) is 7.16. The third-order valence-corrected chi connectivity index (χ3v) is 3.54. The van der Waals surface area contributed by atoms with Gasteiger partial charge in [-0.3, -0.25) is 4.79 Å². The molecule has 3 heterocycles. The number of likely N-dealkylation sites (tertiary alicyclic amines) is 1. The summed E-state index contributed by atoms with van der Waals surface area (Å²) in [5.41, 5.74) is 0.415. The van der Waals surface area contributed by atoms with Crippen LogP contribution in [0.1, 0.15) is 23.3 Å². The fraction of sp³-hybridized carbons (Fsp3) is 0.636. The summed E-state index contributed by atoms with van der Waals surface area (Å²) >= 11 is 0. The van der Waals surface area contributed by atoms with Gasteiger partial charge in [0.1, 0.15) is 6.26 Å². The minimum Gasteiger partial charge on any atom is -0.364 e. The number of hydrogen-bond acceptors (Lipinski definition) is 4. The van der Waals surface area contributed by atoms with Gasteiger partial charge in [-0.15, -0.1) is 0 Å². The molecule has 2 atom stereocenters. The summed E-state index contributed by atoms with van der Waals surface area (Å²) in [4.78, 5) is 13.9. The number of carbonyl (C=O) groups is 1. The van der Waals surface area contributed by atoms with Crippen molar-refractivity contribution in [3.05, 3.63) is 18.0 Å². The fourth-order valence-electron chi connectivity index (χ4n) is 2.70. The maximum atomic E-state index is 12.0. The van der Waals surface area contributed by atoms with E-state index in [9.17, 15) is 4.79 Å². The van der Waals surface area contributed by atoms with Gasteiger partial charge in [0.05, 0.1) is 0 Å². The number of carbonyl (C=O) groups excluding carboxylic acids is 1. The number of hydrogen-bond donors (Lipinski definition) is 1. The first-order chi connectivity index (χ1) is 7.84. The summed E-state index contributed by atoms with van der Waals surface area (Å²) in [6, 6.07) is 2.10. The van der Waals surface area contributed by atoms with Gasteiger partial charge < -0.3 is 14.7 Å². The Labute approximate surface area is 93.8 Å². The lowest BCUT2D eigenvalue weighted by molar-refractivity contribution is 0.0775. The Morgan fingerprint density at radius 3 is 3.25 bits per heavy atom. The second kappa shape index (κ2) is 3.90. The second-order valence-corrected chi connectivity index (χ2v) is 4.56. The third-order valence-electron chi connectivity index (χ3n) is 3.54.